The first kappa shape index (κ1) is 11.4. The molecule has 0 saturated carbocycles. The topological polar surface area (TPSA) is 49.3 Å². The van der Waals surface area contributed by atoms with E-state index in [-0.39, 0.29) is 24.0 Å². The SMILES string of the molecule is CCC(CO)C(=O)NC(C)(C)C. The van der Waals surface area contributed by atoms with Crippen molar-refractivity contribution in [3.63, 3.8) is 0 Å². The molecule has 12 heavy (non-hydrogen) atoms. The molecule has 0 aliphatic rings. The molecule has 72 valence electrons. The van der Waals surface area contributed by atoms with E-state index < -0.39 is 0 Å². The first-order valence-electron chi connectivity index (χ1n) is 4.33. The van der Waals surface area contributed by atoms with Gasteiger partial charge in [0.2, 0.25) is 5.91 Å². The second-order valence-electron chi connectivity index (χ2n) is 4.03. The smallest absolute Gasteiger partial charge is 0.225 e. The molecule has 0 rings (SSSR count). The van der Waals surface area contributed by atoms with Crippen LogP contribution in [-0.4, -0.2) is 23.2 Å². The number of aliphatic hydroxyl groups is 1. The van der Waals surface area contributed by atoms with E-state index in [0.717, 1.165) is 0 Å². The minimum absolute atomic E-state index is 0.0625. The molecule has 0 radical (unpaired) electrons. The average molecular weight is 173 g/mol. The Hall–Kier alpha value is -0.570. The molecule has 0 heterocycles. The summed E-state index contributed by atoms with van der Waals surface area (Å²) in [4.78, 5) is 11.3. The molecule has 0 aromatic carbocycles. The van der Waals surface area contributed by atoms with Crippen LogP contribution in [0, 0.1) is 5.92 Å². The van der Waals surface area contributed by atoms with Crippen LogP contribution in [0.3, 0.4) is 0 Å². The first-order chi connectivity index (χ1) is 5.40. The van der Waals surface area contributed by atoms with Crippen LogP contribution in [0.1, 0.15) is 34.1 Å². The summed E-state index contributed by atoms with van der Waals surface area (Å²) in [5.41, 5.74) is -0.209. The van der Waals surface area contributed by atoms with Gasteiger partial charge in [-0.05, 0) is 27.2 Å². The highest BCUT2D eigenvalue weighted by molar-refractivity contribution is 5.79. The Morgan fingerprint density at radius 2 is 2.00 bits per heavy atom. The van der Waals surface area contributed by atoms with E-state index in [1.807, 2.05) is 27.7 Å². The Balaban J connectivity index is 4.02. The molecule has 0 bridgehead atoms. The zero-order chi connectivity index (χ0) is 9.78. The first-order valence-corrected chi connectivity index (χ1v) is 4.33. The molecule has 0 fully saturated rings. The Morgan fingerprint density at radius 1 is 1.50 bits per heavy atom. The van der Waals surface area contributed by atoms with Gasteiger partial charge in [0.15, 0.2) is 0 Å². The molecular weight excluding hydrogens is 154 g/mol. The average Bonchev–Trinajstić information content (AvgIpc) is 1.85. The highest BCUT2D eigenvalue weighted by Gasteiger charge is 2.20. The Kier molecular flexibility index (Phi) is 4.24. The van der Waals surface area contributed by atoms with Crippen LogP contribution in [0.15, 0.2) is 0 Å². The molecule has 1 atom stereocenters. The summed E-state index contributed by atoms with van der Waals surface area (Å²) in [6, 6.07) is 0. The monoisotopic (exact) mass is 173 g/mol. The molecule has 2 N–H and O–H groups in total. The van der Waals surface area contributed by atoms with Gasteiger partial charge in [0.25, 0.3) is 0 Å². The quantitative estimate of drug-likeness (QED) is 0.666. The summed E-state index contributed by atoms with van der Waals surface area (Å²) >= 11 is 0. The third-order valence-electron chi connectivity index (χ3n) is 1.58. The van der Waals surface area contributed by atoms with Gasteiger partial charge in [0, 0.05) is 5.54 Å². The Labute approximate surface area is 74.2 Å². The highest BCUT2D eigenvalue weighted by atomic mass is 16.3. The number of rotatable bonds is 3. The van der Waals surface area contributed by atoms with Crippen LogP contribution in [0.25, 0.3) is 0 Å². The van der Waals surface area contributed by atoms with Crippen LogP contribution in [0.2, 0.25) is 0 Å². The fraction of sp³-hybridized carbons (Fsp3) is 0.889. The van der Waals surface area contributed by atoms with Crippen molar-refractivity contribution < 1.29 is 9.90 Å². The van der Waals surface area contributed by atoms with Gasteiger partial charge in [-0.15, -0.1) is 0 Å². The summed E-state index contributed by atoms with van der Waals surface area (Å²) in [5.74, 6) is -0.322. The van der Waals surface area contributed by atoms with Crippen molar-refractivity contribution in [2.75, 3.05) is 6.61 Å². The van der Waals surface area contributed by atoms with Crippen molar-refractivity contribution in [3.8, 4) is 0 Å². The summed E-state index contributed by atoms with van der Waals surface area (Å²) < 4.78 is 0. The maximum atomic E-state index is 11.3. The van der Waals surface area contributed by atoms with E-state index in [4.69, 9.17) is 5.11 Å². The number of hydrogen-bond acceptors (Lipinski definition) is 2. The predicted octanol–water partition coefficient (Wildman–Crippen LogP) is 0.920. The van der Waals surface area contributed by atoms with Gasteiger partial charge in [-0.3, -0.25) is 4.79 Å². The van der Waals surface area contributed by atoms with Crippen LogP contribution in [0.4, 0.5) is 0 Å². The van der Waals surface area contributed by atoms with Crippen LogP contribution < -0.4 is 5.32 Å². The molecule has 0 aliphatic heterocycles. The van der Waals surface area contributed by atoms with Crippen molar-refractivity contribution in [1.82, 2.24) is 5.32 Å². The van der Waals surface area contributed by atoms with Gasteiger partial charge in [-0.1, -0.05) is 6.92 Å². The molecule has 1 amide bonds. The molecule has 0 aromatic rings. The minimum atomic E-state index is -0.260. The maximum Gasteiger partial charge on any atom is 0.225 e. The molecule has 0 spiro atoms. The highest BCUT2D eigenvalue weighted by Crippen LogP contribution is 2.05. The van der Waals surface area contributed by atoms with E-state index in [1.54, 1.807) is 0 Å². The van der Waals surface area contributed by atoms with Crippen molar-refractivity contribution in [3.05, 3.63) is 0 Å². The van der Waals surface area contributed by atoms with Crippen molar-refractivity contribution in [2.24, 2.45) is 5.92 Å². The van der Waals surface area contributed by atoms with Gasteiger partial charge < -0.3 is 10.4 Å². The molecular formula is C9H19NO2. The fourth-order valence-electron chi connectivity index (χ4n) is 0.869. The fourth-order valence-corrected chi connectivity index (χ4v) is 0.869. The van der Waals surface area contributed by atoms with Crippen molar-refractivity contribution in [2.45, 2.75) is 39.7 Å². The number of carbonyl (C=O) groups is 1. The number of amides is 1. The number of carbonyl (C=O) groups excluding carboxylic acids is 1. The molecule has 3 heteroatoms. The lowest BCUT2D eigenvalue weighted by atomic mass is 10.0. The van der Waals surface area contributed by atoms with E-state index >= 15 is 0 Å². The second kappa shape index (κ2) is 4.45. The maximum absolute atomic E-state index is 11.3. The number of aliphatic hydroxyl groups excluding tert-OH is 1. The Bertz CT molecular complexity index is 145. The number of hydrogen-bond donors (Lipinski definition) is 2. The van der Waals surface area contributed by atoms with Gasteiger partial charge in [0.05, 0.1) is 12.5 Å². The third kappa shape index (κ3) is 4.34. The molecule has 0 aromatic heterocycles. The van der Waals surface area contributed by atoms with E-state index in [2.05, 4.69) is 5.32 Å². The van der Waals surface area contributed by atoms with Gasteiger partial charge in [-0.2, -0.15) is 0 Å². The van der Waals surface area contributed by atoms with Crippen LogP contribution >= 0.6 is 0 Å². The normalized spacial score (nSPS) is 14.1. The van der Waals surface area contributed by atoms with Gasteiger partial charge >= 0.3 is 0 Å². The van der Waals surface area contributed by atoms with Crippen molar-refractivity contribution in [1.29, 1.82) is 0 Å². The summed E-state index contributed by atoms with van der Waals surface area (Å²) in [6.07, 6.45) is 0.679. The van der Waals surface area contributed by atoms with Gasteiger partial charge in [0.1, 0.15) is 0 Å². The zero-order valence-electron chi connectivity index (χ0n) is 8.35. The van der Waals surface area contributed by atoms with E-state index in [0.29, 0.717) is 6.42 Å². The largest absolute Gasteiger partial charge is 0.396 e. The predicted molar refractivity (Wildman–Crippen MR) is 48.8 cm³/mol. The molecule has 0 saturated heterocycles. The molecule has 0 aliphatic carbocycles. The molecule has 3 nitrogen and oxygen atoms in total. The third-order valence-corrected chi connectivity index (χ3v) is 1.58. The van der Waals surface area contributed by atoms with Crippen molar-refractivity contribution >= 4 is 5.91 Å². The van der Waals surface area contributed by atoms with Crippen LogP contribution in [0.5, 0.6) is 0 Å². The van der Waals surface area contributed by atoms with Gasteiger partial charge in [-0.25, -0.2) is 0 Å². The minimum Gasteiger partial charge on any atom is -0.396 e. The summed E-state index contributed by atoms with van der Waals surface area (Å²) in [6.45, 7) is 7.60. The summed E-state index contributed by atoms with van der Waals surface area (Å²) in [5, 5.41) is 11.7. The van der Waals surface area contributed by atoms with E-state index in [1.165, 1.54) is 0 Å². The lowest BCUT2D eigenvalue weighted by Crippen LogP contribution is -2.44. The number of nitrogens with one attached hydrogen (secondary N) is 1. The summed E-state index contributed by atoms with van der Waals surface area (Å²) in [7, 11) is 0. The van der Waals surface area contributed by atoms with Crippen LogP contribution in [-0.2, 0) is 4.79 Å². The lowest BCUT2D eigenvalue weighted by molar-refractivity contribution is -0.127. The standard InChI is InChI=1S/C9H19NO2/c1-5-7(6-11)8(12)10-9(2,3)4/h7,11H,5-6H2,1-4H3,(H,10,12). The molecule has 1 unspecified atom stereocenters. The zero-order valence-corrected chi connectivity index (χ0v) is 8.35. The second-order valence-corrected chi connectivity index (χ2v) is 4.03. The lowest BCUT2D eigenvalue weighted by Gasteiger charge is -2.23. The Morgan fingerprint density at radius 3 is 2.25 bits per heavy atom. The van der Waals surface area contributed by atoms with E-state index in [9.17, 15) is 4.79 Å².